The fourth-order valence-electron chi connectivity index (χ4n) is 5.18. The Labute approximate surface area is 175 Å². The van der Waals surface area contributed by atoms with Crippen LogP contribution in [0.4, 0.5) is 0 Å². The third-order valence-electron chi connectivity index (χ3n) is 6.40. The molecular formula is C24H25INP. The molecule has 1 aliphatic carbocycles. The molecule has 2 atom stereocenters. The zero-order chi connectivity index (χ0) is 18.3. The Bertz CT molecular complexity index is 817. The van der Waals surface area contributed by atoms with Crippen molar-refractivity contribution in [2.45, 2.75) is 37.8 Å². The topological polar surface area (TPSA) is 3.01 Å². The van der Waals surface area contributed by atoms with Crippen LogP contribution < -0.4 is 15.9 Å². The van der Waals surface area contributed by atoms with Gasteiger partial charge in [-0.3, -0.25) is 0 Å². The molecule has 0 aromatic heterocycles. The van der Waals surface area contributed by atoms with Crippen LogP contribution in [-0.2, 0) is 0 Å². The van der Waals surface area contributed by atoms with Crippen molar-refractivity contribution in [1.29, 1.82) is 0 Å². The maximum atomic E-state index is 2.94. The fraction of sp³-hybridized carbons (Fsp3) is 0.250. The minimum atomic E-state index is -2.73. The number of hydrogen-bond acceptors (Lipinski definition) is 1. The Hall–Kier alpha value is -1.22. The van der Waals surface area contributed by atoms with Gasteiger partial charge in [-0.1, -0.05) is 0 Å². The van der Waals surface area contributed by atoms with E-state index < -0.39 is 4.40 Å². The summed E-state index contributed by atoms with van der Waals surface area (Å²) in [5.41, 5.74) is 0. The number of hydrogen-bond donors (Lipinski definition) is 0. The number of benzene rings is 3. The summed E-state index contributed by atoms with van der Waals surface area (Å²) in [5, 5.41) is 4.45. The minimum absolute atomic E-state index is 0.730. The van der Waals surface area contributed by atoms with Gasteiger partial charge in [-0.05, 0) is 0 Å². The standard InChI is InChI=1S/C24H25INP/c25-27(20-12-4-1-5-13-20,21-14-6-2-7-15-21,22-16-8-3-9-17-22)26-23-18-10-11-19-24(23)26/h1-9,12-17,23-24H,10-11,18-19H2. The molecule has 27 heavy (non-hydrogen) atoms. The van der Waals surface area contributed by atoms with Gasteiger partial charge in [0.15, 0.2) is 0 Å². The molecule has 1 saturated heterocycles. The van der Waals surface area contributed by atoms with Crippen LogP contribution in [0.15, 0.2) is 91.0 Å². The van der Waals surface area contributed by atoms with Gasteiger partial charge in [-0.15, -0.1) is 0 Å². The number of nitrogens with zero attached hydrogens (tertiary/aromatic N) is 1. The molecule has 1 aliphatic heterocycles. The first kappa shape index (κ1) is 17.8. The molecule has 3 heteroatoms. The van der Waals surface area contributed by atoms with Crippen LogP contribution in [0.3, 0.4) is 0 Å². The average molecular weight is 485 g/mol. The van der Waals surface area contributed by atoms with E-state index in [1.165, 1.54) is 41.6 Å². The summed E-state index contributed by atoms with van der Waals surface area (Å²) < 4.78 is 0.210. The fourth-order valence-corrected chi connectivity index (χ4v) is 15.4. The van der Waals surface area contributed by atoms with Crippen LogP contribution in [0.2, 0.25) is 0 Å². The number of halogens is 1. The maximum absolute atomic E-state index is 2.94. The molecule has 0 radical (unpaired) electrons. The molecule has 0 N–H and O–H groups in total. The van der Waals surface area contributed by atoms with Crippen LogP contribution in [0.1, 0.15) is 25.7 Å². The van der Waals surface area contributed by atoms with E-state index in [0.29, 0.717) is 0 Å². The van der Waals surface area contributed by atoms with Gasteiger partial charge in [0.1, 0.15) is 0 Å². The zero-order valence-corrected chi connectivity index (χ0v) is 18.5. The molecule has 5 rings (SSSR count). The van der Waals surface area contributed by atoms with Gasteiger partial charge in [0, 0.05) is 0 Å². The Morgan fingerprint density at radius 2 is 0.926 bits per heavy atom. The van der Waals surface area contributed by atoms with Crippen LogP contribution >= 0.6 is 26.4 Å². The van der Waals surface area contributed by atoms with E-state index in [-0.39, 0.29) is 0 Å². The van der Waals surface area contributed by atoms with Crippen molar-refractivity contribution in [2.75, 3.05) is 0 Å². The Morgan fingerprint density at radius 3 is 1.26 bits per heavy atom. The summed E-state index contributed by atoms with van der Waals surface area (Å²) in [6.45, 7) is 0. The summed E-state index contributed by atoms with van der Waals surface area (Å²) in [7, 11) is 0. The second-order valence-corrected chi connectivity index (χ2v) is 17.3. The molecule has 3 aromatic rings. The van der Waals surface area contributed by atoms with Crippen molar-refractivity contribution in [3.63, 3.8) is 0 Å². The van der Waals surface area contributed by atoms with E-state index in [9.17, 15) is 0 Å². The van der Waals surface area contributed by atoms with Crippen molar-refractivity contribution in [1.82, 2.24) is 4.67 Å². The Kier molecular flexibility index (Phi) is 4.42. The molecule has 138 valence electrons. The Morgan fingerprint density at radius 1 is 0.593 bits per heavy atom. The van der Waals surface area contributed by atoms with Crippen LogP contribution in [0.25, 0.3) is 0 Å². The zero-order valence-electron chi connectivity index (χ0n) is 15.4. The van der Waals surface area contributed by atoms with Crippen molar-refractivity contribution in [3.8, 4) is 0 Å². The van der Waals surface area contributed by atoms with E-state index in [1.54, 1.807) is 0 Å². The second-order valence-electron chi connectivity index (χ2n) is 7.77. The van der Waals surface area contributed by atoms with E-state index in [4.69, 9.17) is 0 Å². The molecule has 1 heterocycles. The van der Waals surface area contributed by atoms with Gasteiger partial charge >= 0.3 is 176 Å². The summed E-state index contributed by atoms with van der Waals surface area (Å²) in [6, 6.07) is 35.4. The third-order valence-corrected chi connectivity index (χ3v) is 18.1. The predicted octanol–water partition coefficient (Wildman–Crippen LogP) is 5.41. The van der Waals surface area contributed by atoms with Gasteiger partial charge in [0.25, 0.3) is 0 Å². The molecule has 1 nitrogen and oxygen atoms in total. The number of rotatable bonds is 4. The first-order chi connectivity index (χ1) is 13.2. The molecule has 2 unspecified atom stereocenters. The van der Waals surface area contributed by atoms with E-state index >= 15 is 0 Å². The van der Waals surface area contributed by atoms with Gasteiger partial charge in [0.2, 0.25) is 0 Å². The summed E-state index contributed by atoms with van der Waals surface area (Å²) >= 11 is 2.92. The van der Waals surface area contributed by atoms with Crippen LogP contribution in [-0.4, -0.2) is 16.8 Å². The summed E-state index contributed by atoms with van der Waals surface area (Å²) in [5.74, 6) is 0. The van der Waals surface area contributed by atoms with Gasteiger partial charge in [-0.2, -0.15) is 0 Å². The van der Waals surface area contributed by atoms with Crippen molar-refractivity contribution in [2.24, 2.45) is 0 Å². The third kappa shape index (κ3) is 2.50. The van der Waals surface area contributed by atoms with E-state index in [0.717, 1.165) is 12.1 Å². The van der Waals surface area contributed by atoms with Crippen LogP contribution in [0, 0.1) is 0 Å². The quantitative estimate of drug-likeness (QED) is 0.272. The second kappa shape index (κ2) is 6.69. The van der Waals surface area contributed by atoms with E-state index in [2.05, 4.69) is 118 Å². The normalized spacial score (nSPS) is 25.8. The first-order valence-corrected chi connectivity index (χ1v) is 14.9. The van der Waals surface area contributed by atoms with Crippen LogP contribution in [0.5, 0.6) is 0 Å². The molecule has 2 fully saturated rings. The summed E-state index contributed by atoms with van der Waals surface area (Å²) in [6.07, 6.45) is 5.44. The monoisotopic (exact) mass is 485 g/mol. The average Bonchev–Trinajstić information content (AvgIpc) is 3.51. The molecule has 1 saturated carbocycles. The molecule has 2 aliphatic rings. The molecule has 3 aromatic carbocycles. The molecule has 0 amide bonds. The van der Waals surface area contributed by atoms with Gasteiger partial charge in [-0.25, -0.2) is 0 Å². The van der Waals surface area contributed by atoms with Gasteiger partial charge in [0.05, 0.1) is 0 Å². The van der Waals surface area contributed by atoms with Crippen molar-refractivity contribution >= 4 is 42.4 Å². The molecular weight excluding hydrogens is 460 g/mol. The Balaban J connectivity index is 1.86. The molecule has 0 spiro atoms. The molecule has 0 bridgehead atoms. The number of fused-ring (bicyclic) bond motifs is 1. The SMILES string of the molecule is IP(c1ccccc1)(c1ccccc1)(c1ccccc1)N1C2CCCCC21. The van der Waals surface area contributed by atoms with E-state index in [1.807, 2.05) is 0 Å². The first-order valence-electron chi connectivity index (χ1n) is 9.94. The predicted molar refractivity (Wildman–Crippen MR) is 127 cm³/mol. The summed E-state index contributed by atoms with van der Waals surface area (Å²) in [4.78, 5) is 0. The van der Waals surface area contributed by atoms with Crippen molar-refractivity contribution in [3.05, 3.63) is 91.0 Å². The van der Waals surface area contributed by atoms with Gasteiger partial charge < -0.3 is 0 Å². The van der Waals surface area contributed by atoms with Crippen molar-refractivity contribution < 1.29 is 0 Å².